The fraction of sp³-hybridized carbons (Fsp3) is 0.0370. The summed E-state index contributed by atoms with van der Waals surface area (Å²) in [6.07, 6.45) is 0. The summed E-state index contributed by atoms with van der Waals surface area (Å²) in [5.74, 6) is -11.8. The molecule has 0 heterocycles. The number of phenolic OH excluding ortho intramolecular Hbond substituents is 11. The number of halogens is 1. The first-order valence-corrected chi connectivity index (χ1v) is 11.1. The van der Waals surface area contributed by atoms with Crippen molar-refractivity contribution in [2.45, 2.75) is 6.92 Å². The molecule has 0 fully saturated rings. The van der Waals surface area contributed by atoms with Gasteiger partial charge in [-0.15, -0.1) is 0 Å². The van der Waals surface area contributed by atoms with Crippen LogP contribution >= 0.6 is 0 Å². The lowest BCUT2D eigenvalue weighted by atomic mass is 9.99. The first-order chi connectivity index (χ1) is 19.1. The molecule has 214 valence electrons. The zero-order valence-corrected chi connectivity index (χ0v) is 20.7. The van der Waals surface area contributed by atoms with E-state index >= 15 is 0 Å². The minimum absolute atomic E-state index is 0.136. The predicted molar refractivity (Wildman–Crippen MR) is 136 cm³/mol. The van der Waals surface area contributed by atoms with Gasteiger partial charge in [-0.1, -0.05) is 0 Å². The molecule has 0 aliphatic rings. The molecule has 0 amide bonds. The Morgan fingerprint density at radius 1 is 0.488 bits per heavy atom. The molecule has 0 atom stereocenters. The second kappa shape index (κ2) is 11.0. The van der Waals surface area contributed by atoms with Crippen molar-refractivity contribution in [2.24, 2.45) is 0 Å². The summed E-state index contributed by atoms with van der Waals surface area (Å²) in [4.78, 5) is 24.3. The Bertz CT molecular complexity index is 1670. The molecule has 0 aliphatic carbocycles. The Morgan fingerprint density at radius 2 is 0.951 bits per heavy atom. The number of benzene rings is 4. The van der Waals surface area contributed by atoms with Crippen LogP contribution in [-0.4, -0.2) is 67.7 Å². The summed E-state index contributed by atoms with van der Waals surface area (Å²) in [6.45, 7) is 1.43. The van der Waals surface area contributed by atoms with Crippen molar-refractivity contribution >= 4 is 11.6 Å². The Kier molecular flexibility index (Phi) is 7.90. The summed E-state index contributed by atoms with van der Waals surface area (Å²) in [7, 11) is 0. The number of carbonyl (C=O) groups is 2. The van der Waals surface area contributed by atoms with Gasteiger partial charge in [0, 0.05) is 11.1 Å². The van der Waals surface area contributed by atoms with E-state index in [2.05, 4.69) is 0 Å². The smallest absolute Gasteiger partial charge is 0.204 e. The van der Waals surface area contributed by atoms with Crippen LogP contribution < -0.4 is 0 Å². The lowest BCUT2D eigenvalue weighted by molar-refractivity contribution is 0.102. The third kappa shape index (κ3) is 5.56. The lowest BCUT2D eigenvalue weighted by Gasteiger charge is -2.10. The number of hydrogen-bond donors (Lipinski definition) is 11. The van der Waals surface area contributed by atoms with Crippen LogP contribution in [0, 0.1) is 12.7 Å². The highest BCUT2D eigenvalue weighted by atomic mass is 19.1. The monoisotopic (exact) mass is 572 g/mol. The molecule has 0 saturated carbocycles. The molecule has 41 heavy (non-hydrogen) atoms. The molecular weight excluding hydrogens is 551 g/mol. The second-order valence-electron chi connectivity index (χ2n) is 8.46. The zero-order chi connectivity index (χ0) is 30.9. The van der Waals surface area contributed by atoms with Gasteiger partial charge in [-0.2, -0.15) is 0 Å². The summed E-state index contributed by atoms with van der Waals surface area (Å²) >= 11 is 0. The van der Waals surface area contributed by atoms with Gasteiger partial charge in [-0.25, -0.2) is 4.39 Å². The maximum atomic E-state index is 13.4. The number of rotatable bonds is 4. The highest BCUT2D eigenvalue weighted by Crippen LogP contribution is 2.42. The van der Waals surface area contributed by atoms with Gasteiger partial charge in [0.1, 0.15) is 0 Å². The van der Waals surface area contributed by atoms with Crippen LogP contribution in [0.4, 0.5) is 4.39 Å². The van der Waals surface area contributed by atoms with Crippen molar-refractivity contribution < 1.29 is 70.2 Å². The van der Waals surface area contributed by atoms with E-state index in [1.54, 1.807) is 0 Å². The number of carbonyl (C=O) groups excluding carboxylic acids is 2. The normalized spacial score (nSPS) is 10.5. The molecule has 14 heteroatoms. The molecular formula is C27H21FO13. The van der Waals surface area contributed by atoms with Crippen molar-refractivity contribution in [3.05, 3.63) is 76.1 Å². The van der Waals surface area contributed by atoms with E-state index in [-0.39, 0.29) is 22.3 Å². The minimum Gasteiger partial charge on any atom is -0.504 e. The average molecular weight is 572 g/mol. The highest BCUT2D eigenvalue weighted by Gasteiger charge is 2.24. The molecule has 4 aromatic rings. The van der Waals surface area contributed by atoms with Crippen LogP contribution in [0.15, 0.2) is 42.5 Å². The van der Waals surface area contributed by atoms with Crippen LogP contribution in [0.5, 0.6) is 63.2 Å². The molecule has 0 bridgehead atoms. The molecule has 0 saturated heterocycles. The van der Waals surface area contributed by atoms with Crippen LogP contribution in [-0.2, 0) is 0 Å². The predicted octanol–water partition coefficient (Wildman–Crippen LogP) is 3.04. The molecule has 4 aromatic carbocycles. The van der Waals surface area contributed by atoms with Gasteiger partial charge in [0.05, 0.1) is 11.1 Å². The fourth-order valence-electron chi connectivity index (χ4n) is 3.48. The summed E-state index contributed by atoms with van der Waals surface area (Å²) < 4.78 is 13.4. The Balaban J connectivity index is 0.000000226. The molecule has 0 radical (unpaired) electrons. The zero-order valence-electron chi connectivity index (χ0n) is 20.7. The van der Waals surface area contributed by atoms with Gasteiger partial charge in [-0.3, -0.25) is 9.59 Å². The van der Waals surface area contributed by atoms with E-state index in [1.807, 2.05) is 0 Å². The molecule has 11 N–H and O–H groups in total. The Morgan fingerprint density at radius 3 is 1.49 bits per heavy atom. The number of hydrogen-bond acceptors (Lipinski definition) is 13. The van der Waals surface area contributed by atoms with E-state index in [1.165, 1.54) is 13.0 Å². The van der Waals surface area contributed by atoms with Crippen LogP contribution in [0.2, 0.25) is 0 Å². The SMILES string of the molecule is Cc1cc(C(=O)c2cc(F)c(O)c(O)c2O)cc(O)c1O.O=C(c1cc(O)c(O)c(O)c1)c1ccc(O)c(O)c1O. The lowest BCUT2D eigenvalue weighted by Crippen LogP contribution is -2.03. The highest BCUT2D eigenvalue weighted by molar-refractivity contribution is 6.12. The average Bonchev–Trinajstić information content (AvgIpc) is 2.93. The van der Waals surface area contributed by atoms with E-state index in [0.29, 0.717) is 6.07 Å². The van der Waals surface area contributed by atoms with Gasteiger partial charge in [0.15, 0.2) is 69.1 Å². The van der Waals surface area contributed by atoms with E-state index in [0.717, 1.165) is 30.3 Å². The fourth-order valence-corrected chi connectivity index (χ4v) is 3.48. The topological polar surface area (TPSA) is 257 Å². The Labute approximate surface area is 228 Å². The number of phenols is 11. The van der Waals surface area contributed by atoms with Crippen molar-refractivity contribution in [2.75, 3.05) is 0 Å². The molecule has 13 nitrogen and oxygen atoms in total. The minimum atomic E-state index is -1.28. The van der Waals surface area contributed by atoms with Gasteiger partial charge >= 0.3 is 0 Å². The molecule has 4 rings (SSSR count). The number of ketones is 2. The summed E-state index contributed by atoms with van der Waals surface area (Å²) in [5.41, 5.74) is -1.10. The van der Waals surface area contributed by atoms with Crippen molar-refractivity contribution in [1.29, 1.82) is 0 Å². The maximum absolute atomic E-state index is 13.4. The van der Waals surface area contributed by atoms with Crippen LogP contribution in [0.25, 0.3) is 0 Å². The molecule has 0 aromatic heterocycles. The maximum Gasteiger partial charge on any atom is 0.204 e. The first kappa shape index (κ1) is 29.5. The first-order valence-electron chi connectivity index (χ1n) is 11.1. The van der Waals surface area contributed by atoms with Crippen LogP contribution in [0.3, 0.4) is 0 Å². The summed E-state index contributed by atoms with van der Waals surface area (Å²) in [5, 5.41) is 103. The van der Waals surface area contributed by atoms with Crippen molar-refractivity contribution in [3.8, 4) is 63.2 Å². The molecule has 0 spiro atoms. The van der Waals surface area contributed by atoms with Gasteiger partial charge in [0.2, 0.25) is 11.5 Å². The van der Waals surface area contributed by atoms with Crippen LogP contribution in [0.1, 0.15) is 37.4 Å². The van der Waals surface area contributed by atoms with Gasteiger partial charge in [0.25, 0.3) is 0 Å². The van der Waals surface area contributed by atoms with Gasteiger partial charge in [-0.05, 0) is 55.0 Å². The largest absolute Gasteiger partial charge is 0.504 e. The quantitative estimate of drug-likeness (QED) is 0.124. The van der Waals surface area contributed by atoms with E-state index in [9.17, 15) is 59.9 Å². The van der Waals surface area contributed by atoms with Crippen molar-refractivity contribution in [1.82, 2.24) is 0 Å². The Hall–Kier alpha value is -6.05. The van der Waals surface area contributed by atoms with E-state index in [4.69, 9.17) is 10.2 Å². The third-order valence-corrected chi connectivity index (χ3v) is 5.69. The standard InChI is InChI=1S/C14H11FO6.C13H10O7/c1-5-2-6(3-9(16)10(5)17)11(18)7-4-8(15)13(20)14(21)12(7)19;14-7-2-1-6(11(18)13(7)20)10(17)5-3-8(15)12(19)9(16)4-5/h2-4,16-17,19-21H,1H3;1-4,14-16,18-20H. The van der Waals surface area contributed by atoms with Crippen molar-refractivity contribution in [3.63, 3.8) is 0 Å². The number of aryl methyl sites for hydroxylation is 1. The third-order valence-electron chi connectivity index (χ3n) is 5.69. The molecule has 0 aliphatic heterocycles. The number of aromatic hydroxyl groups is 11. The second-order valence-corrected chi connectivity index (χ2v) is 8.46. The summed E-state index contributed by atoms with van der Waals surface area (Å²) in [6, 6.07) is 6.56. The van der Waals surface area contributed by atoms with Gasteiger partial charge < -0.3 is 56.2 Å². The van der Waals surface area contributed by atoms with E-state index < -0.39 is 86.2 Å². The molecule has 0 unspecified atom stereocenters.